The van der Waals surface area contributed by atoms with Crippen molar-refractivity contribution in [1.82, 2.24) is 15.3 Å². The Balaban J connectivity index is 1.63. The van der Waals surface area contributed by atoms with E-state index < -0.39 is 11.1 Å². The minimum Gasteiger partial charge on any atom is -0.345 e. The Hall–Kier alpha value is -3.15. The molecule has 3 aromatic rings. The van der Waals surface area contributed by atoms with E-state index in [0.29, 0.717) is 22.5 Å². The van der Waals surface area contributed by atoms with Crippen LogP contribution in [0.1, 0.15) is 41.2 Å². The Morgan fingerprint density at radius 2 is 1.65 bits per heavy atom. The number of rotatable bonds is 4. The molecule has 1 saturated carbocycles. The van der Waals surface area contributed by atoms with Crippen LogP contribution >= 0.6 is 0 Å². The van der Waals surface area contributed by atoms with Gasteiger partial charge < -0.3 is 15.3 Å². The molecule has 6 nitrogen and oxygen atoms in total. The third-order valence-electron chi connectivity index (χ3n) is 5.05. The summed E-state index contributed by atoms with van der Waals surface area (Å²) in [6.07, 6.45) is 3.40. The van der Waals surface area contributed by atoms with Crippen molar-refractivity contribution >= 4 is 16.9 Å². The molecule has 3 N–H and O–H groups in total. The summed E-state index contributed by atoms with van der Waals surface area (Å²) in [5, 5.41) is 3.14. The zero-order valence-electron chi connectivity index (χ0n) is 14.1. The molecule has 6 heteroatoms. The van der Waals surface area contributed by atoms with Gasteiger partial charge in [0.05, 0.1) is 17.1 Å². The second kappa shape index (κ2) is 6.63. The quantitative estimate of drug-likeness (QED) is 0.632. The fourth-order valence-corrected chi connectivity index (χ4v) is 3.39. The highest BCUT2D eigenvalue weighted by molar-refractivity contribution is 5.97. The van der Waals surface area contributed by atoms with Crippen LogP contribution in [-0.4, -0.2) is 15.9 Å². The second-order valence-corrected chi connectivity index (χ2v) is 6.72. The summed E-state index contributed by atoms with van der Waals surface area (Å²) >= 11 is 0. The monoisotopic (exact) mass is 349 g/mol. The topological polar surface area (TPSA) is 94.8 Å². The van der Waals surface area contributed by atoms with E-state index in [2.05, 4.69) is 15.3 Å². The van der Waals surface area contributed by atoms with Gasteiger partial charge in [-0.15, -0.1) is 0 Å². The van der Waals surface area contributed by atoms with E-state index in [0.717, 1.165) is 18.4 Å². The van der Waals surface area contributed by atoms with E-state index in [9.17, 15) is 14.4 Å². The third kappa shape index (κ3) is 3.06. The van der Waals surface area contributed by atoms with Gasteiger partial charge in [0.15, 0.2) is 0 Å². The lowest BCUT2D eigenvalue weighted by molar-refractivity contribution is 0.0901. The molecule has 0 saturated heterocycles. The zero-order valence-corrected chi connectivity index (χ0v) is 14.1. The maximum atomic E-state index is 12.8. The Bertz CT molecular complexity index is 1060. The van der Waals surface area contributed by atoms with Gasteiger partial charge in [0, 0.05) is 5.56 Å². The SMILES string of the molecule is O=C(N[C@@H](c1ccccc1)C1CCC1)c1ccc2[nH]c(=O)c(=O)[nH]c2c1. The highest BCUT2D eigenvalue weighted by Gasteiger charge is 2.29. The number of nitrogens with one attached hydrogen (secondary N) is 3. The van der Waals surface area contributed by atoms with E-state index in [1.807, 2.05) is 30.3 Å². The normalized spacial score (nSPS) is 15.4. The summed E-state index contributed by atoms with van der Waals surface area (Å²) in [4.78, 5) is 40.7. The number of carbonyl (C=O) groups is 1. The van der Waals surface area contributed by atoms with Gasteiger partial charge in [-0.2, -0.15) is 0 Å². The Labute approximate surface area is 149 Å². The van der Waals surface area contributed by atoms with Crippen LogP contribution in [0.25, 0.3) is 11.0 Å². The largest absolute Gasteiger partial charge is 0.345 e. The molecule has 0 unspecified atom stereocenters. The van der Waals surface area contributed by atoms with Crippen molar-refractivity contribution < 1.29 is 4.79 Å². The maximum Gasteiger partial charge on any atom is 0.314 e. The fraction of sp³-hybridized carbons (Fsp3) is 0.250. The maximum absolute atomic E-state index is 12.8. The van der Waals surface area contributed by atoms with Crippen molar-refractivity contribution in [2.24, 2.45) is 5.92 Å². The summed E-state index contributed by atoms with van der Waals surface area (Å²) in [7, 11) is 0. The van der Waals surface area contributed by atoms with Gasteiger partial charge in [0.1, 0.15) is 0 Å². The van der Waals surface area contributed by atoms with Crippen molar-refractivity contribution in [3.05, 3.63) is 80.4 Å². The van der Waals surface area contributed by atoms with E-state index >= 15 is 0 Å². The molecular formula is C20H19N3O3. The summed E-state index contributed by atoms with van der Waals surface area (Å²) in [6, 6.07) is 14.8. The van der Waals surface area contributed by atoms with Gasteiger partial charge in [-0.3, -0.25) is 14.4 Å². The van der Waals surface area contributed by atoms with Crippen LogP contribution in [0.5, 0.6) is 0 Å². The van der Waals surface area contributed by atoms with Gasteiger partial charge >= 0.3 is 11.1 Å². The molecule has 1 amide bonds. The van der Waals surface area contributed by atoms with Crippen molar-refractivity contribution in [2.45, 2.75) is 25.3 Å². The van der Waals surface area contributed by atoms with E-state index in [-0.39, 0.29) is 11.9 Å². The van der Waals surface area contributed by atoms with Crippen molar-refractivity contribution in [3.8, 4) is 0 Å². The van der Waals surface area contributed by atoms with E-state index in [1.54, 1.807) is 18.2 Å². The predicted octanol–water partition coefficient (Wildman–Crippen LogP) is 2.49. The fourth-order valence-electron chi connectivity index (χ4n) is 3.39. The van der Waals surface area contributed by atoms with E-state index in [4.69, 9.17) is 0 Å². The van der Waals surface area contributed by atoms with Crippen molar-refractivity contribution in [2.75, 3.05) is 0 Å². The lowest BCUT2D eigenvalue weighted by Gasteiger charge is -2.34. The lowest BCUT2D eigenvalue weighted by Crippen LogP contribution is -2.36. The molecule has 2 aromatic carbocycles. The summed E-state index contributed by atoms with van der Waals surface area (Å²) in [5.41, 5.74) is 1.03. The van der Waals surface area contributed by atoms with Gasteiger partial charge in [0.2, 0.25) is 0 Å². The zero-order chi connectivity index (χ0) is 18.1. The van der Waals surface area contributed by atoms with Crippen LogP contribution in [0.15, 0.2) is 58.1 Å². The highest BCUT2D eigenvalue weighted by atomic mass is 16.2. The number of fused-ring (bicyclic) bond motifs is 1. The first-order valence-electron chi connectivity index (χ1n) is 8.74. The van der Waals surface area contributed by atoms with Gasteiger partial charge in [-0.25, -0.2) is 0 Å². The second-order valence-electron chi connectivity index (χ2n) is 6.72. The van der Waals surface area contributed by atoms with Crippen LogP contribution in [0.2, 0.25) is 0 Å². The first-order valence-corrected chi connectivity index (χ1v) is 8.74. The third-order valence-corrected chi connectivity index (χ3v) is 5.05. The molecule has 0 spiro atoms. The smallest absolute Gasteiger partial charge is 0.314 e. The molecule has 1 aromatic heterocycles. The Morgan fingerprint density at radius 1 is 0.962 bits per heavy atom. The molecule has 1 atom stereocenters. The number of hydrogen-bond acceptors (Lipinski definition) is 3. The number of carbonyl (C=O) groups excluding carboxylic acids is 1. The summed E-state index contributed by atoms with van der Waals surface area (Å²) in [6.45, 7) is 0. The highest BCUT2D eigenvalue weighted by Crippen LogP contribution is 2.37. The molecule has 0 aliphatic heterocycles. The molecule has 1 aliphatic rings. The number of amides is 1. The number of aromatic nitrogens is 2. The average Bonchev–Trinajstić information content (AvgIpc) is 2.61. The summed E-state index contributed by atoms with van der Waals surface area (Å²) < 4.78 is 0. The van der Waals surface area contributed by atoms with Crippen LogP contribution in [0.3, 0.4) is 0 Å². The lowest BCUT2D eigenvalue weighted by atomic mass is 9.77. The van der Waals surface area contributed by atoms with Gasteiger partial charge in [-0.1, -0.05) is 36.8 Å². The molecule has 0 radical (unpaired) electrons. The Morgan fingerprint density at radius 3 is 2.31 bits per heavy atom. The first kappa shape index (κ1) is 16.3. The van der Waals surface area contributed by atoms with Gasteiger partial charge in [0.25, 0.3) is 5.91 Å². The predicted molar refractivity (Wildman–Crippen MR) is 99.2 cm³/mol. The molecule has 4 rings (SSSR count). The standard InChI is InChI=1S/C20H19N3O3/c24-18(14-9-10-15-16(11-14)22-20(26)19(25)21-15)23-17(13-7-4-8-13)12-5-2-1-3-6-12/h1-3,5-6,9-11,13,17H,4,7-8H2,(H,21,25)(H,22,26)(H,23,24)/t17-/m0/s1. The molecule has 0 bridgehead atoms. The molecule has 1 fully saturated rings. The molecular weight excluding hydrogens is 330 g/mol. The van der Waals surface area contributed by atoms with Gasteiger partial charge in [-0.05, 0) is 42.5 Å². The molecule has 132 valence electrons. The molecule has 1 aliphatic carbocycles. The average molecular weight is 349 g/mol. The van der Waals surface area contributed by atoms with Crippen LogP contribution in [0.4, 0.5) is 0 Å². The van der Waals surface area contributed by atoms with Crippen LogP contribution < -0.4 is 16.4 Å². The number of H-pyrrole nitrogens is 2. The molecule has 1 heterocycles. The Kier molecular flexibility index (Phi) is 4.16. The first-order chi connectivity index (χ1) is 12.6. The summed E-state index contributed by atoms with van der Waals surface area (Å²) in [5.74, 6) is 0.248. The number of aromatic amines is 2. The van der Waals surface area contributed by atoms with Crippen molar-refractivity contribution in [3.63, 3.8) is 0 Å². The van der Waals surface area contributed by atoms with Crippen LogP contribution in [0, 0.1) is 5.92 Å². The number of benzene rings is 2. The number of hydrogen-bond donors (Lipinski definition) is 3. The minimum atomic E-state index is -0.730. The van der Waals surface area contributed by atoms with Crippen molar-refractivity contribution in [1.29, 1.82) is 0 Å². The van der Waals surface area contributed by atoms with E-state index in [1.165, 1.54) is 6.42 Å². The minimum absolute atomic E-state index is 0.0252. The van der Waals surface area contributed by atoms with Crippen LogP contribution in [-0.2, 0) is 0 Å². The molecule has 26 heavy (non-hydrogen) atoms.